The molecule has 1 unspecified atom stereocenters. The maximum absolute atomic E-state index is 12.6. The Balaban J connectivity index is 1.52. The van der Waals surface area contributed by atoms with Gasteiger partial charge in [0.1, 0.15) is 0 Å². The smallest absolute Gasteiger partial charge is 0.274 e. The highest BCUT2D eigenvalue weighted by Crippen LogP contribution is 2.32. The summed E-state index contributed by atoms with van der Waals surface area (Å²) in [4.78, 5) is 16.7. The number of fused-ring (bicyclic) bond motifs is 1. The van der Waals surface area contributed by atoms with E-state index in [9.17, 15) is 4.79 Å². The zero-order valence-electron chi connectivity index (χ0n) is 14.0. The first-order valence-electron chi connectivity index (χ1n) is 8.71. The molecule has 0 radical (unpaired) electrons. The summed E-state index contributed by atoms with van der Waals surface area (Å²) in [6, 6.07) is 12.1. The summed E-state index contributed by atoms with van der Waals surface area (Å²) in [6.45, 7) is 4.75. The van der Waals surface area contributed by atoms with Gasteiger partial charge in [0.2, 0.25) is 0 Å². The molecular weight excluding hydrogens is 300 g/mol. The van der Waals surface area contributed by atoms with Gasteiger partial charge in [0.05, 0.1) is 0 Å². The van der Waals surface area contributed by atoms with Crippen LogP contribution in [0.3, 0.4) is 0 Å². The number of amides is 1. The molecule has 0 spiro atoms. The van der Waals surface area contributed by atoms with Crippen LogP contribution in [0.25, 0.3) is 0 Å². The maximum atomic E-state index is 12.6. The molecule has 0 saturated carbocycles. The third-order valence-corrected chi connectivity index (χ3v) is 4.98. The fraction of sp³-hybridized carbons (Fsp3) is 0.421. The van der Waals surface area contributed by atoms with Gasteiger partial charge < -0.3 is 9.80 Å². The van der Waals surface area contributed by atoms with Crippen molar-refractivity contribution in [2.75, 3.05) is 24.5 Å². The molecule has 3 heterocycles. The number of nitrogens with zero attached hydrogens (tertiary/aromatic N) is 4. The predicted molar refractivity (Wildman–Crippen MR) is 93.5 cm³/mol. The topological polar surface area (TPSA) is 49.3 Å². The van der Waals surface area contributed by atoms with Crippen molar-refractivity contribution in [1.29, 1.82) is 0 Å². The number of carbonyl (C=O) groups excluding carboxylic acids is 1. The number of anilines is 2. The van der Waals surface area contributed by atoms with Crippen LogP contribution in [0.4, 0.5) is 11.5 Å². The molecule has 0 bridgehead atoms. The van der Waals surface area contributed by atoms with Crippen LogP contribution < -0.4 is 4.90 Å². The van der Waals surface area contributed by atoms with Crippen molar-refractivity contribution in [3.05, 3.63) is 47.7 Å². The Kier molecular flexibility index (Phi) is 3.92. The SMILES string of the molecule is CC1CCCN(C(=O)c2ccc(N3CCc4ccccc43)nn2)C1. The minimum Gasteiger partial charge on any atom is -0.337 e. The molecule has 2 aliphatic heterocycles. The number of hydrogen-bond donors (Lipinski definition) is 0. The van der Waals surface area contributed by atoms with Gasteiger partial charge in [0.25, 0.3) is 5.91 Å². The van der Waals surface area contributed by atoms with Crippen LogP contribution in [-0.2, 0) is 6.42 Å². The van der Waals surface area contributed by atoms with E-state index in [-0.39, 0.29) is 5.91 Å². The molecule has 1 atom stereocenters. The Morgan fingerprint density at radius 1 is 1.12 bits per heavy atom. The summed E-state index contributed by atoms with van der Waals surface area (Å²) >= 11 is 0. The van der Waals surface area contributed by atoms with E-state index >= 15 is 0 Å². The monoisotopic (exact) mass is 322 g/mol. The minimum atomic E-state index is 0.00224. The number of likely N-dealkylation sites (tertiary alicyclic amines) is 1. The second-order valence-electron chi connectivity index (χ2n) is 6.81. The molecule has 1 fully saturated rings. The van der Waals surface area contributed by atoms with E-state index in [1.165, 1.54) is 17.7 Å². The summed E-state index contributed by atoms with van der Waals surface area (Å²) in [5, 5.41) is 8.54. The van der Waals surface area contributed by atoms with Gasteiger partial charge >= 0.3 is 0 Å². The first kappa shape index (κ1) is 15.1. The standard InChI is InChI=1S/C19H22N4O/c1-14-5-4-11-22(13-14)19(24)16-8-9-18(21-20-16)23-12-10-15-6-2-3-7-17(15)23/h2-3,6-9,14H,4-5,10-13H2,1H3. The van der Waals surface area contributed by atoms with Gasteiger partial charge in [0.15, 0.2) is 11.5 Å². The second-order valence-corrected chi connectivity index (χ2v) is 6.81. The van der Waals surface area contributed by atoms with Crippen molar-refractivity contribution in [1.82, 2.24) is 15.1 Å². The van der Waals surface area contributed by atoms with E-state index < -0.39 is 0 Å². The van der Waals surface area contributed by atoms with Crippen LogP contribution in [0.15, 0.2) is 36.4 Å². The number of hydrogen-bond acceptors (Lipinski definition) is 4. The third kappa shape index (κ3) is 2.75. The number of piperidine rings is 1. The van der Waals surface area contributed by atoms with E-state index in [0.29, 0.717) is 11.6 Å². The number of benzene rings is 1. The average Bonchev–Trinajstić information content (AvgIpc) is 3.05. The fourth-order valence-corrected chi connectivity index (χ4v) is 3.70. The molecule has 2 aromatic rings. The van der Waals surface area contributed by atoms with Crippen molar-refractivity contribution < 1.29 is 4.79 Å². The molecule has 24 heavy (non-hydrogen) atoms. The van der Waals surface area contributed by atoms with Crippen molar-refractivity contribution in [3.63, 3.8) is 0 Å². The third-order valence-electron chi connectivity index (χ3n) is 4.98. The van der Waals surface area contributed by atoms with Gasteiger partial charge in [-0.15, -0.1) is 10.2 Å². The van der Waals surface area contributed by atoms with E-state index in [1.54, 1.807) is 0 Å². The molecule has 2 aliphatic rings. The summed E-state index contributed by atoms with van der Waals surface area (Å²) in [5.41, 5.74) is 2.97. The van der Waals surface area contributed by atoms with Crippen molar-refractivity contribution in [2.24, 2.45) is 5.92 Å². The number of para-hydroxylation sites is 1. The molecule has 0 aliphatic carbocycles. The summed E-state index contributed by atoms with van der Waals surface area (Å²) in [7, 11) is 0. The van der Waals surface area contributed by atoms with Gasteiger partial charge in [-0.1, -0.05) is 25.1 Å². The van der Waals surface area contributed by atoms with Crippen LogP contribution in [0.1, 0.15) is 35.8 Å². The van der Waals surface area contributed by atoms with Gasteiger partial charge in [-0.25, -0.2) is 0 Å². The zero-order chi connectivity index (χ0) is 16.5. The highest BCUT2D eigenvalue weighted by molar-refractivity contribution is 5.92. The molecule has 5 heteroatoms. The highest BCUT2D eigenvalue weighted by atomic mass is 16.2. The van der Waals surface area contributed by atoms with Gasteiger partial charge in [-0.3, -0.25) is 4.79 Å². The number of carbonyl (C=O) groups is 1. The summed E-state index contributed by atoms with van der Waals surface area (Å²) in [5.74, 6) is 1.38. The van der Waals surface area contributed by atoms with Crippen molar-refractivity contribution in [3.8, 4) is 0 Å². The average molecular weight is 322 g/mol. The molecule has 1 aromatic heterocycles. The Hall–Kier alpha value is -2.43. The largest absolute Gasteiger partial charge is 0.337 e. The second kappa shape index (κ2) is 6.23. The van der Waals surface area contributed by atoms with Crippen LogP contribution >= 0.6 is 0 Å². The molecule has 0 N–H and O–H groups in total. The lowest BCUT2D eigenvalue weighted by atomic mass is 10.00. The van der Waals surface area contributed by atoms with E-state index in [4.69, 9.17) is 0 Å². The van der Waals surface area contributed by atoms with E-state index in [1.807, 2.05) is 23.1 Å². The van der Waals surface area contributed by atoms with E-state index in [0.717, 1.165) is 38.3 Å². The Labute approximate surface area is 142 Å². The lowest BCUT2D eigenvalue weighted by Gasteiger charge is -2.30. The van der Waals surface area contributed by atoms with Gasteiger partial charge in [0, 0.05) is 25.3 Å². The molecular formula is C19H22N4O. The van der Waals surface area contributed by atoms with Gasteiger partial charge in [-0.2, -0.15) is 0 Å². The minimum absolute atomic E-state index is 0.00224. The van der Waals surface area contributed by atoms with Crippen LogP contribution in [0, 0.1) is 5.92 Å². The molecule has 124 valence electrons. The van der Waals surface area contributed by atoms with Gasteiger partial charge in [-0.05, 0) is 48.9 Å². The highest BCUT2D eigenvalue weighted by Gasteiger charge is 2.25. The summed E-state index contributed by atoms with van der Waals surface area (Å²) in [6.07, 6.45) is 3.29. The van der Waals surface area contributed by atoms with Crippen LogP contribution in [0.5, 0.6) is 0 Å². The molecule has 5 nitrogen and oxygen atoms in total. The Bertz CT molecular complexity index is 743. The van der Waals surface area contributed by atoms with Crippen molar-refractivity contribution >= 4 is 17.4 Å². The summed E-state index contributed by atoms with van der Waals surface area (Å²) < 4.78 is 0. The fourth-order valence-electron chi connectivity index (χ4n) is 3.70. The normalized spacial score (nSPS) is 20.1. The molecule has 4 rings (SSSR count). The Morgan fingerprint density at radius 3 is 2.79 bits per heavy atom. The lowest BCUT2D eigenvalue weighted by Crippen LogP contribution is -2.39. The lowest BCUT2D eigenvalue weighted by molar-refractivity contribution is 0.0676. The molecule has 1 amide bonds. The van der Waals surface area contributed by atoms with Crippen molar-refractivity contribution in [2.45, 2.75) is 26.2 Å². The maximum Gasteiger partial charge on any atom is 0.274 e. The van der Waals surface area contributed by atoms with Crippen LogP contribution in [0.2, 0.25) is 0 Å². The molecule has 1 saturated heterocycles. The predicted octanol–water partition coefficient (Wildman–Crippen LogP) is 3.04. The molecule has 1 aromatic carbocycles. The first-order chi connectivity index (χ1) is 11.7. The number of aromatic nitrogens is 2. The zero-order valence-corrected chi connectivity index (χ0v) is 14.0. The van der Waals surface area contributed by atoms with E-state index in [2.05, 4.69) is 40.2 Å². The Morgan fingerprint density at radius 2 is 2.00 bits per heavy atom. The quantitative estimate of drug-likeness (QED) is 0.853. The first-order valence-corrected chi connectivity index (χ1v) is 8.71. The van der Waals surface area contributed by atoms with Crippen LogP contribution in [-0.4, -0.2) is 40.6 Å². The number of rotatable bonds is 2.